The molecule has 2 aromatic rings. The van der Waals surface area contributed by atoms with Gasteiger partial charge in [0.1, 0.15) is 18.3 Å². The Labute approximate surface area is 241 Å². The summed E-state index contributed by atoms with van der Waals surface area (Å²) >= 11 is 0. The summed E-state index contributed by atoms with van der Waals surface area (Å²) < 4.78 is 5.65. The van der Waals surface area contributed by atoms with Crippen molar-refractivity contribution in [1.29, 1.82) is 0 Å². The highest BCUT2D eigenvalue weighted by Crippen LogP contribution is 2.20. The second-order valence-corrected chi connectivity index (χ2v) is 10.9. The highest BCUT2D eigenvalue weighted by Gasteiger charge is 2.27. The number of nitrogens with one attached hydrogen (secondary N) is 5. The third-order valence-electron chi connectivity index (χ3n) is 6.19. The number of aliphatic carboxylic acids is 2. The fourth-order valence-corrected chi connectivity index (χ4v) is 4.29. The Morgan fingerprint density at radius 2 is 1.86 bits per heavy atom. The van der Waals surface area contributed by atoms with Gasteiger partial charge in [0.25, 0.3) is 11.5 Å². The van der Waals surface area contributed by atoms with E-state index in [-0.39, 0.29) is 48.9 Å². The molecule has 0 saturated carbocycles. The highest BCUT2D eigenvalue weighted by molar-refractivity contribution is 5.97. The number of nitrogen functional groups attached to an aromatic ring is 1. The maximum Gasteiger partial charge on any atom is 0.326 e. The van der Waals surface area contributed by atoms with Crippen molar-refractivity contribution in [2.45, 2.75) is 37.5 Å². The number of likely N-dealkylation sites (N-methyl/N-ethyl adjacent to an activating group) is 1. The fraction of sp³-hybridized carbons (Fsp3) is 0.462. The number of carbonyl (C=O) groups is 4. The average molecular weight is 590 g/mol. The summed E-state index contributed by atoms with van der Waals surface area (Å²) in [4.78, 5) is 66.5. The van der Waals surface area contributed by atoms with E-state index in [1.54, 1.807) is 12.1 Å². The highest BCUT2D eigenvalue weighted by atomic mass is 16.5. The molecule has 3 rings (SSSR count). The second-order valence-electron chi connectivity index (χ2n) is 10.9. The zero-order valence-electron chi connectivity index (χ0n) is 23.6. The van der Waals surface area contributed by atoms with Crippen molar-refractivity contribution in [3.63, 3.8) is 0 Å². The summed E-state index contributed by atoms with van der Waals surface area (Å²) in [6.07, 6.45) is -1.81. The van der Waals surface area contributed by atoms with Gasteiger partial charge in [-0.15, -0.1) is 0 Å². The Kier molecular flexibility index (Phi) is 10.3. The zero-order chi connectivity index (χ0) is 31.0. The molecule has 3 unspecified atom stereocenters. The smallest absolute Gasteiger partial charge is 0.326 e. The van der Waals surface area contributed by atoms with Crippen LogP contribution >= 0.6 is 0 Å². The molecule has 2 heterocycles. The Balaban J connectivity index is 1.50. The number of H-pyrrole nitrogens is 1. The minimum absolute atomic E-state index is 0.0168. The van der Waals surface area contributed by atoms with Crippen molar-refractivity contribution in [3.05, 3.63) is 40.2 Å². The first-order chi connectivity index (χ1) is 19.7. The van der Waals surface area contributed by atoms with Crippen LogP contribution in [0.3, 0.4) is 0 Å². The molecule has 16 nitrogen and oxygen atoms in total. The molecule has 0 saturated heterocycles. The van der Waals surface area contributed by atoms with E-state index in [2.05, 4.69) is 31.2 Å². The van der Waals surface area contributed by atoms with Gasteiger partial charge in [-0.1, -0.05) is 0 Å². The molecular formula is C26H37N8O8+. The summed E-state index contributed by atoms with van der Waals surface area (Å²) in [5.74, 6) is -3.44. The SMILES string of the molecule is C[N+](C)(C)CC(CC(=O)O)OC(=O)CCC(NC(=O)c1ccc(NCC2CNc3nc(N)[nH]c(=O)c3N2)cc1)C(=O)O. The summed E-state index contributed by atoms with van der Waals surface area (Å²) in [5, 5.41) is 30.4. The molecule has 0 fully saturated rings. The Bertz CT molecular complexity index is 1360. The van der Waals surface area contributed by atoms with E-state index in [4.69, 9.17) is 15.6 Å². The second kappa shape index (κ2) is 13.7. The van der Waals surface area contributed by atoms with Gasteiger partial charge in [0.15, 0.2) is 11.9 Å². The lowest BCUT2D eigenvalue weighted by atomic mass is 10.1. The number of nitrogens with two attached hydrogens (primary N) is 1. The number of hydrogen-bond donors (Lipinski definition) is 8. The lowest BCUT2D eigenvalue weighted by molar-refractivity contribution is -0.873. The first-order valence-electron chi connectivity index (χ1n) is 13.2. The number of esters is 1. The lowest BCUT2D eigenvalue weighted by Crippen LogP contribution is -2.44. The van der Waals surface area contributed by atoms with Crippen LogP contribution < -0.4 is 32.6 Å². The summed E-state index contributed by atoms with van der Waals surface area (Å²) in [5.41, 5.74) is 6.36. The normalized spacial score (nSPS) is 15.6. The van der Waals surface area contributed by atoms with Crippen molar-refractivity contribution in [2.24, 2.45) is 0 Å². The minimum atomic E-state index is -1.36. The van der Waals surface area contributed by atoms with Crippen LogP contribution in [0.1, 0.15) is 29.6 Å². The van der Waals surface area contributed by atoms with Crippen LogP contribution in [-0.4, -0.2) is 107 Å². The minimum Gasteiger partial charge on any atom is -0.481 e. The third-order valence-corrected chi connectivity index (χ3v) is 6.19. The van der Waals surface area contributed by atoms with Crippen molar-refractivity contribution >= 4 is 47.0 Å². The molecule has 1 aliphatic heterocycles. The van der Waals surface area contributed by atoms with E-state index >= 15 is 0 Å². The van der Waals surface area contributed by atoms with E-state index < -0.39 is 36.0 Å². The maximum absolute atomic E-state index is 12.7. The number of aromatic nitrogens is 2. The molecule has 3 atom stereocenters. The van der Waals surface area contributed by atoms with Crippen molar-refractivity contribution in [1.82, 2.24) is 15.3 Å². The van der Waals surface area contributed by atoms with Crippen molar-refractivity contribution in [2.75, 3.05) is 62.5 Å². The maximum atomic E-state index is 12.7. The van der Waals surface area contributed by atoms with E-state index in [0.717, 1.165) is 0 Å². The largest absolute Gasteiger partial charge is 0.481 e. The number of anilines is 4. The molecule has 0 bridgehead atoms. The fourth-order valence-electron chi connectivity index (χ4n) is 4.29. The molecule has 1 aliphatic rings. The van der Waals surface area contributed by atoms with Crippen molar-refractivity contribution in [3.8, 4) is 0 Å². The third kappa shape index (κ3) is 9.65. The van der Waals surface area contributed by atoms with Crippen molar-refractivity contribution < 1.29 is 38.6 Å². The molecule has 1 aromatic heterocycles. The average Bonchev–Trinajstić information content (AvgIpc) is 2.88. The van der Waals surface area contributed by atoms with E-state index in [1.165, 1.54) is 12.1 Å². The van der Waals surface area contributed by atoms with Crippen LogP contribution in [0.2, 0.25) is 0 Å². The predicted octanol–water partition coefficient (Wildman–Crippen LogP) is -0.274. The molecule has 1 amide bonds. The van der Waals surface area contributed by atoms with Gasteiger partial charge >= 0.3 is 17.9 Å². The Morgan fingerprint density at radius 1 is 1.17 bits per heavy atom. The number of carboxylic acid groups (broad SMARTS) is 2. The lowest BCUT2D eigenvalue weighted by Gasteiger charge is -2.28. The number of rotatable bonds is 14. The number of nitrogens with zero attached hydrogens (tertiary/aromatic N) is 2. The van der Waals surface area contributed by atoms with Crippen LogP contribution in [0.4, 0.5) is 23.1 Å². The summed E-state index contributed by atoms with van der Waals surface area (Å²) in [6, 6.07) is 4.83. The van der Waals surface area contributed by atoms with Gasteiger partial charge in [-0.05, 0) is 30.7 Å². The van der Waals surface area contributed by atoms with Crippen LogP contribution in [0.15, 0.2) is 29.1 Å². The van der Waals surface area contributed by atoms with Crippen LogP contribution in [-0.2, 0) is 19.1 Å². The first kappa shape index (κ1) is 31.7. The summed E-state index contributed by atoms with van der Waals surface area (Å²) in [7, 11) is 5.47. The quantitative estimate of drug-likeness (QED) is 0.105. The molecule has 0 radical (unpaired) electrons. The number of carboxylic acids is 2. The Hall–Kier alpha value is -4.86. The molecule has 228 valence electrons. The van der Waals surface area contributed by atoms with Gasteiger partial charge in [-0.2, -0.15) is 4.98 Å². The van der Waals surface area contributed by atoms with Gasteiger partial charge in [0.05, 0.1) is 33.6 Å². The summed E-state index contributed by atoms with van der Waals surface area (Å²) in [6.45, 7) is 1.18. The number of benzene rings is 1. The van der Waals surface area contributed by atoms with Gasteiger partial charge in [0.2, 0.25) is 5.95 Å². The number of fused-ring (bicyclic) bond motifs is 1. The van der Waals surface area contributed by atoms with Gasteiger partial charge in [0, 0.05) is 30.8 Å². The number of amides is 1. The van der Waals surface area contributed by atoms with Gasteiger partial charge in [-0.3, -0.25) is 24.2 Å². The molecule has 42 heavy (non-hydrogen) atoms. The monoisotopic (exact) mass is 589 g/mol. The molecular weight excluding hydrogens is 552 g/mol. The molecule has 0 spiro atoms. The topological polar surface area (TPSA) is 238 Å². The zero-order valence-corrected chi connectivity index (χ0v) is 23.6. The van der Waals surface area contributed by atoms with E-state index in [0.29, 0.717) is 34.8 Å². The molecule has 16 heteroatoms. The van der Waals surface area contributed by atoms with Crippen LogP contribution in [0.25, 0.3) is 0 Å². The van der Waals surface area contributed by atoms with Gasteiger partial charge in [-0.25, -0.2) is 4.79 Å². The number of quaternary nitrogens is 1. The number of hydrogen-bond acceptors (Lipinski definition) is 11. The first-order valence-corrected chi connectivity index (χ1v) is 13.2. The molecule has 9 N–H and O–H groups in total. The van der Waals surface area contributed by atoms with Crippen LogP contribution in [0.5, 0.6) is 0 Å². The predicted molar refractivity (Wildman–Crippen MR) is 153 cm³/mol. The molecule has 0 aliphatic carbocycles. The van der Waals surface area contributed by atoms with Crippen LogP contribution in [0, 0.1) is 0 Å². The van der Waals surface area contributed by atoms with Gasteiger partial charge < -0.3 is 46.4 Å². The standard InChI is InChI=1S/C26H36N8O8/c1-34(2,3)13-17(10-19(35)36)42-20(37)9-8-18(25(40)41)31-23(38)14-4-6-15(7-5-14)28-11-16-12-29-22-21(30-16)24(39)33-26(27)32-22/h4-7,16-18,30H,8-13H2,1-3H3,(H7-,27,28,29,31,32,33,35,36,38,39,40,41)/p+1. The van der Waals surface area contributed by atoms with E-state index in [1.807, 2.05) is 21.1 Å². The Morgan fingerprint density at radius 3 is 2.48 bits per heavy atom. The number of aromatic amines is 1. The number of ether oxygens (including phenoxy) is 1. The van der Waals surface area contributed by atoms with E-state index in [9.17, 15) is 29.1 Å². The number of carbonyl (C=O) groups excluding carboxylic acids is 2. The molecule has 1 aromatic carbocycles.